The first kappa shape index (κ1) is 12.6. The van der Waals surface area contributed by atoms with Crippen LogP contribution in [0.1, 0.15) is 17.5 Å². The number of benzene rings is 1. The van der Waals surface area contributed by atoms with Crippen LogP contribution in [0.5, 0.6) is 0 Å². The highest BCUT2D eigenvalue weighted by Crippen LogP contribution is 2.26. The summed E-state index contributed by atoms with van der Waals surface area (Å²) in [6.07, 6.45) is 3.52. The minimum absolute atomic E-state index is 0.436. The lowest BCUT2D eigenvalue weighted by molar-refractivity contribution is 0.912. The highest BCUT2D eigenvalue weighted by molar-refractivity contribution is 5.60. The van der Waals surface area contributed by atoms with Crippen molar-refractivity contribution in [2.24, 2.45) is 11.7 Å². The topological polar surface area (TPSA) is 114 Å². The SMILES string of the molecule is NNc1cc(NN)nc(Nc2ccc3c(c2)CCC3)n1. The van der Waals surface area contributed by atoms with E-state index >= 15 is 0 Å². The summed E-state index contributed by atoms with van der Waals surface area (Å²) >= 11 is 0. The van der Waals surface area contributed by atoms with Crippen LogP contribution in [0.15, 0.2) is 24.3 Å². The molecule has 2 aromatic rings. The van der Waals surface area contributed by atoms with Crippen molar-refractivity contribution in [2.45, 2.75) is 19.3 Å². The summed E-state index contributed by atoms with van der Waals surface area (Å²) in [6, 6.07) is 7.95. The Bertz CT molecular complexity index is 604. The molecule has 7 heteroatoms. The standard InChI is InChI=1S/C13H17N7/c14-19-11-7-12(20-15)18-13(17-11)16-10-5-4-8-2-1-3-9(8)6-10/h4-7H,1-3,14-15H2,(H3,16,17,18,19,20). The quantitative estimate of drug-likeness (QED) is 0.420. The number of hydrogen-bond acceptors (Lipinski definition) is 7. The van der Waals surface area contributed by atoms with Gasteiger partial charge in [-0.15, -0.1) is 0 Å². The third kappa shape index (κ3) is 2.49. The molecule has 1 aromatic heterocycles. The summed E-state index contributed by atoms with van der Waals surface area (Å²) < 4.78 is 0. The van der Waals surface area contributed by atoms with E-state index in [1.54, 1.807) is 6.07 Å². The molecular formula is C13H17N7. The van der Waals surface area contributed by atoms with Crippen LogP contribution in [0.3, 0.4) is 0 Å². The first-order valence-electron chi connectivity index (χ1n) is 6.49. The predicted molar refractivity (Wildman–Crippen MR) is 79.4 cm³/mol. The Morgan fingerprint density at radius 1 is 0.900 bits per heavy atom. The van der Waals surface area contributed by atoms with Crippen molar-refractivity contribution in [3.8, 4) is 0 Å². The molecule has 1 aliphatic carbocycles. The summed E-state index contributed by atoms with van der Waals surface area (Å²) in [6.45, 7) is 0. The third-order valence-corrected chi connectivity index (χ3v) is 3.38. The maximum absolute atomic E-state index is 5.37. The number of aromatic nitrogens is 2. The number of aryl methyl sites for hydroxylation is 2. The first-order valence-corrected chi connectivity index (χ1v) is 6.49. The lowest BCUT2D eigenvalue weighted by Gasteiger charge is -2.10. The average Bonchev–Trinajstić information content (AvgIpc) is 2.94. The van der Waals surface area contributed by atoms with E-state index in [1.165, 1.54) is 24.0 Å². The van der Waals surface area contributed by atoms with E-state index in [9.17, 15) is 0 Å². The summed E-state index contributed by atoms with van der Waals surface area (Å²) in [5, 5.41) is 3.17. The van der Waals surface area contributed by atoms with Gasteiger partial charge in [0.15, 0.2) is 0 Å². The zero-order valence-electron chi connectivity index (χ0n) is 11.0. The Balaban J connectivity index is 1.87. The fourth-order valence-corrected chi connectivity index (χ4v) is 2.43. The molecule has 0 radical (unpaired) electrons. The second-order valence-corrected chi connectivity index (χ2v) is 4.71. The van der Waals surface area contributed by atoms with Gasteiger partial charge in [-0.1, -0.05) is 6.07 Å². The number of anilines is 4. The van der Waals surface area contributed by atoms with Gasteiger partial charge in [-0.2, -0.15) is 9.97 Å². The molecule has 0 atom stereocenters. The first-order chi connectivity index (χ1) is 9.78. The number of fused-ring (bicyclic) bond motifs is 1. The molecule has 7 N–H and O–H groups in total. The smallest absolute Gasteiger partial charge is 0.231 e. The molecule has 0 aliphatic heterocycles. The van der Waals surface area contributed by atoms with E-state index in [-0.39, 0.29) is 0 Å². The molecule has 0 saturated carbocycles. The number of hydrogen-bond donors (Lipinski definition) is 5. The highest BCUT2D eigenvalue weighted by Gasteiger charge is 2.11. The van der Waals surface area contributed by atoms with E-state index in [0.717, 1.165) is 12.1 Å². The van der Waals surface area contributed by atoms with Gasteiger partial charge in [0.2, 0.25) is 5.95 Å². The molecule has 0 unspecified atom stereocenters. The average molecular weight is 271 g/mol. The Labute approximate surface area is 116 Å². The fourth-order valence-electron chi connectivity index (χ4n) is 2.43. The van der Waals surface area contributed by atoms with Crippen LogP contribution in [-0.2, 0) is 12.8 Å². The maximum atomic E-state index is 5.37. The normalized spacial score (nSPS) is 12.9. The lowest BCUT2D eigenvalue weighted by Crippen LogP contribution is -2.14. The lowest BCUT2D eigenvalue weighted by atomic mass is 10.1. The molecule has 1 aliphatic rings. The van der Waals surface area contributed by atoms with E-state index < -0.39 is 0 Å². The van der Waals surface area contributed by atoms with E-state index in [4.69, 9.17) is 11.7 Å². The summed E-state index contributed by atoms with van der Waals surface area (Å²) in [4.78, 5) is 8.47. The summed E-state index contributed by atoms with van der Waals surface area (Å²) in [7, 11) is 0. The summed E-state index contributed by atoms with van der Waals surface area (Å²) in [5.74, 6) is 12.1. The van der Waals surface area contributed by atoms with Gasteiger partial charge in [-0.05, 0) is 42.5 Å². The number of rotatable bonds is 4. The van der Waals surface area contributed by atoms with E-state index in [2.05, 4.69) is 38.3 Å². The Hall–Kier alpha value is -2.38. The van der Waals surface area contributed by atoms with Crippen molar-refractivity contribution >= 4 is 23.3 Å². The van der Waals surface area contributed by atoms with Gasteiger partial charge in [0.25, 0.3) is 0 Å². The van der Waals surface area contributed by atoms with E-state index in [0.29, 0.717) is 17.6 Å². The molecular weight excluding hydrogens is 254 g/mol. The van der Waals surface area contributed by atoms with Crippen LogP contribution in [-0.4, -0.2) is 9.97 Å². The van der Waals surface area contributed by atoms with Crippen molar-refractivity contribution < 1.29 is 0 Å². The van der Waals surface area contributed by atoms with Gasteiger partial charge < -0.3 is 16.2 Å². The molecule has 0 amide bonds. The number of nitrogen functional groups attached to an aromatic ring is 2. The number of nitrogens with one attached hydrogen (secondary N) is 3. The second-order valence-electron chi connectivity index (χ2n) is 4.71. The Morgan fingerprint density at radius 2 is 1.60 bits per heavy atom. The zero-order chi connectivity index (χ0) is 13.9. The third-order valence-electron chi connectivity index (χ3n) is 3.38. The van der Waals surface area contributed by atoms with Crippen LogP contribution in [0.4, 0.5) is 23.3 Å². The highest BCUT2D eigenvalue weighted by atomic mass is 15.3. The van der Waals surface area contributed by atoms with Crippen molar-refractivity contribution in [2.75, 3.05) is 16.2 Å². The second kappa shape index (κ2) is 5.32. The van der Waals surface area contributed by atoms with Crippen molar-refractivity contribution in [1.29, 1.82) is 0 Å². The molecule has 1 heterocycles. The molecule has 0 spiro atoms. The molecule has 20 heavy (non-hydrogen) atoms. The van der Waals surface area contributed by atoms with Crippen molar-refractivity contribution in [3.63, 3.8) is 0 Å². The molecule has 0 fully saturated rings. The van der Waals surface area contributed by atoms with Gasteiger partial charge in [0, 0.05) is 11.8 Å². The zero-order valence-corrected chi connectivity index (χ0v) is 11.0. The minimum atomic E-state index is 0.436. The summed E-state index contributed by atoms with van der Waals surface area (Å²) in [5.41, 5.74) is 8.74. The largest absolute Gasteiger partial charge is 0.324 e. The van der Waals surface area contributed by atoms with Gasteiger partial charge in [-0.25, -0.2) is 11.7 Å². The monoisotopic (exact) mass is 271 g/mol. The van der Waals surface area contributed by atoms with Crippen molar-refractivity contribution in [3.05, 3.63) is 35.4 Å². The molecule has 3 rings (SSSR count). The van der Waals surface area contributed by atoms with Crippen LogP contribution in [0.2, 0.25) is 0 Å². The van der Waals surface area contributed by atoms with Crippen LogP contribution in [0.25, 0.3) is 0 Å². The van der Waals surface area contributed by atoms with Gasteiger partial charge in [0.1, 0.15) is 11.6 Å². The molecule has 7 nitrogen and oxygen atoms in total. The van der Waals surface area contributed by atoms with E-state index in [1.807, 2.05) is 6.07 Å². The maximum Gasteiger partial charge on any atom is 0.231 e. The molecule has 0 bridgehead atoms. The molecule has 1 aromatic carbocycles. The fraction of sp³-hybridized carbons (Fsp3) is 0.231. The van der Waals surface area contributed by atoms with Gasteiger partial charge >= 0.3 is 0 Å². The Kier molecular flexibility index (Phi) is 3.36. The number of nitrogens with zero attached hydrogens (tertiary/aromatic N) is 2. The van der Waals surface area contributed by atoms with Crippen LogP contribution < -0.4 is 27.9 Å². The predicted octanol–water partition coefficient (Wildman–Crippen LogP) is 1.28. The minimum Gasteiger partial charge on any atom is -0.324 e. The van der Waals surface area contributed by atoms with Crippen LogP contribution in [0, 0.1) is 0 Å². The van der Waals surface area contributed by atoms with Gasteiger partial charge in [0.05, 0.1) is 0 Å². The number of hydrazine groups is 2. The van der Waals surface area contributed by atoms with Gasteiger partial charge in [-0.3, -0.25) is 0 Å². The number of nitrogens with two attached hydrogens (primary N) is 2. The molecule has 0 saturated heterocycles. The van der Waals surface area contributed by atoms with Crippen LogP contribution >= 0.6 is 0 Å². The Morgan fingerprint density at radius 3 is 2.30 bits per heavy atom. The van der Waals surface area contributed by atoms with Crippen molar-refractivity contribution in [1.82, 2.24) is 9.97 Å². The molecule has 104 valence electrons.